The second-order valence-electron chi connectivity index (χ2n) is 5.01. The summed E-state index contributed by atoms with van der Waals surface area (Å²) in [5.41, 5.74) is 0.513. The Morgan fingerprint density at radius 2 is 2.12 bits per heavy atom. The molecule has 1 amide bonds. The van der Waals surface area contributed by atoms with Crippen LogP contribution in [0.15, 0.2) is 18.2 Å². The van der Waals surface area contributed by atoms with Gasteiger partial charge in [-0.3, -0.25) is 9.48 Å². The van der Waals surface area contributed by atoms with Crippen LogP contribution in [0.25, 0.3) is 0 Å². The molecule has 0 bridgehead atoms. The van der Waals surface area contributed by atoms with Crippen molar-refractivity contribution in [3.05, 3.63) is 46.0 Å². The highest BCUT2D eigenvalue weighted by atomic mass is 35.5. The molecule has 1 heterocycles. The van der Waals surface area contributed by atoms with Gasteiger partial charge in [0.05, 0.1) is 17.8 Å². The molecule has 2 aromatic rings. The lowest BCUT2D eigenvalue weighted by Gasteiger charge is -2.15. The predicted molar refractivity (Wildman–Crippen MR) is 83.8 cm³/mol. The molecule has 1 unspecified atom stereocenters. The summed E-state index contributed by atoms with van der Waals surface area (Å²) >= 11 is 6.01. The number of methoxy groups -OCH3 is 1. The van der Waals surface area contributed by atoms with Crippen LogP contribution in [0.4, 0.5) is 4.39 Å². The molecule has 0 aliphatic rings. The van der Waals surface area contributed by atoms with Crippen molar-refractivity contribution < 1.29 is 23.8 Å². The van der Waals surface area contributed by atoms with Crippen LogP contribution in [0, 0.1) is 12.7 Å². The number of rotatable bonds is 5. The van der Waals surface area contributed by atoms with Gasteiger partial charge >= 0.3 is 5.97 Å². The van der Waals surface area contributed by atoms with Crippen molar-refractivity contribution in [3.63, 3.8) is 0 Å². The van der Waals surface area contributed by atoms with Gasteiger partial charge in [0.15, 0.2) is 23.3 Å². The van der Waals surface area contributed by atoms with Crippen LogP contribution < -0.4 is 10.1 Å². The number of hydrogen-bond acceptors (Lipinski definition) is 4. The summed E-state index contributed by atoms with van der Waals surface area (Å²) in [4.78, 5) is 23.7. The molecule has 0 spiro atoms. The number of amides is 1. The molecule has 9 heteroatoms. The van der Waals surface area contributed by atoms with Gasteiger partial charge in [-0.15, -0.1) is 0 Å². The fourth-order valence-electron chi connectivity index (χ4n) is 2.08. The Hall–Kier alpha value is -2.61. The summed E-state index contributed by atoms with van der Waals surface area (Å²) in [6, 6.07) is 2.16. The molecule has 1 aromatic carbocycles. The fraction of sp³-hybridized carbons (Fsp3) is 0.267. The predicted octanol–water partition coefficient (Wildman–Crippen LogP) is 2.09. The van der Waals surface area contributed by atoms with Gasteiger partial charge < -0.3 is 15.2 Å². The number of carboxylic acid groups (broad SMARTS) is 1. The number of nitrogens with zero attached hydrogens (tertiary/aromatic N) is 2. The molecule has 1 atom stereocenters. The van der Waals surface area contributed by atoms with Crippen LogP contribution >= 0.6 is 11.6 Å². The third-order valence-corrected chi connectivity index (χ3v) is 3.96. The fourth-order valence-corrected chi connectivity index (χ4v) is 2.32. The number of carboxylic acids is 1. The molecule has 0 saturated carbocycles. The normalized spacial score (nSPS) is 11.9. The van der Waals surface area contributed by atoms with Gasteiger partial charge in [-0.25, -0.2) is 9.18 Å². The molecule has 0 radical (unpaired) electrons. The van der Waals surface area contributed by atoms with Crippen molar-refractivity contribution >= 4 is 23.5 Å². The van der Waals surface area contributed by atoms with E-state index < -0.39 is 23.7 Å². The lowest BCUT2D eigenvalue weighted by atomic mass is 10.1. The molecule has 2 rings (SSSR count). The first kappa shape index (κ1) is 17.7. The lowest BCUT2D eigenvalue weighted by Crippen LogP contribution is -2.34. The SMILES string of the molecule is COc1ccc(C(NC(=O)c2nn(C)c(C)c2Cl)C(=O)O)cc1F. The summed E-state index contributed by atoms with van der Waals surface area (Å²) in [5.74, 6) is -2.89. The number of halogens is 2. The zero-order valence-electron chi connectivity index (χ0n) is 13.1. The first-order valence-electron chi connectivity index (χ1n) is 6.82. The van der Waals surface area contributed by atoms with E-state index in [9.17, 15) is 19.1 Å². The first-order valence-corrected chi connectivity index (χ1v) is 7.20. The molecule has 0 aliphatic heterocycles. The average Bonchev–Trinajstić information content (AvgIpc) is 2.79. The second kappa shape index (κ2) is 6.88. The monoisotopic (exact) mass is 355 g/mol. The Kier molecular flexibility index (Phi) is 5.08. The summed E-state index contributed by atoms with van der Waals surface area (Å²) in [6.45, 7) is 1.67. The lowest BCUT2D eigenvalue weighted by molar-refractivity contribution is -0.139. The third-order valence-electron chi connectivity index (χ3n) is 3.51. The largest absolute Gasteiger partial charge is 0.494 e. The van der Waals surface area contributed by atoms with E-state index in [4.69, 9.17) is 16.3 Å². The number of carbonyl (C=O) groups excluding carboxylic acids is 1. The van der Waals surface area contributed by atoms with Crippen LogP contribution in [0.5, 0.6) is 5.75 Å². The van der Waals surface area contributed by atoms with Gasteiger partial charge in [0.2, 0.25) is 0 Å². The molecule has 0 fully saturated rings. The Balaban J connectivity index is 2.32. The zero-order chi connectivity index (χ0) is 18.0. The quantitative estimate of drug-likeness (QED) is 0.856. The number of benzene rings is 1. The molecule has 0 aliphatic carbocycles. The van der Waals surface area contributed by atoms with Crippen molar-refractivity contribution in [2.24, 2.45) is 7.05 Å². The van der Waals surface area contributed by atoms with E-state index in [1.165, 1.54) is 23.9 Å². The van der Waals surface area contributed by atoms with Crippen molar-refractivity contribution in [2.75, 3.05) is 7.11 Å². The molecular weight excluding hydrogens is 341 g/mol. The van der Waals surface area contributed by atoms with Crippen LogP contribution in [0.2, 0.25) is 5.02 Å². The molecule has 1 aromatic heterocycles. The standard InChI is InChI=1S/C15H15ClFN3O4/c1-7-11(16)13(19-20(7)2)14(21)18-12(15(22)23)8-4-5-10(24-3)9(17)6-8/h4-6,12H,1-3H3,(H,18,21)(H,22,23). The maximum absolute atomic E-state index is 13.8. The van der Waals surface area contributed by atoms with E-state index in [0.29, 0.717) is 5.69 Å². The number of aryl methyl sites for hydroxylation is 1. The Bertz CT molecular complexity index is 806. The highest BCUT2D eigenvalue weighted by molar-refractivity contribution is 6.34. The molecule has 7 nitrogen and oxygen atoms in total. The Labute approximate surface area is 142 Å². The van der Waals surface area contributed by atoms with Crippen LogP contribution in [-0.2, 0) is 11.8 Å². The van der Waals surface area contributed by atoms with Crippen molar-refractivity contribution in [1.82, 2.24) is 15.1 Å². The van der Waals surface area contributed by atoms with Crippen LogP contribution in [0.3, 0.4) is 0 Å². The smallest absolute Gasteiger partial charge is 0.330 e. The zero-order valence-corrected chi connectivity index (χ0v) is 13.9. The van der Waals surface area contributed by atoms with E-state index in [1.54, 1.807) is 14.0 Å². The van der Waals surface area contributed by atoms with Gasteiger partial charge in [0, 0.05) is 7.05 Å². The topological polar surface area (TPSA) is 93.5 Å². The van der Waals surface area contributed by atoms with E-state index in [0.717, 1.165) is 6.07 Å². The van der Waals surface area contributed by atoms with Crippen molar-refractivity contribution in [1.29, 1.82) is 0 Å². The van der Waals surface area contributed by atoms with E-state index in [1.807, 2.05) is 0 Å². The number of aliphatic carboxylic acids is 1. The summed E-state index contributed by atoms with van der Waals surface area (Å²) in [7, 11) is 2.89. The van der Waals surface area contributed by atoms with Gasteiger partial charge in [0.1, 0.15) is 0 Å². The van der Waals surface area contributed by atoms with Gasteiger partial charge in [-0.2, -0.15) is 5.10 Å². The van der Waals surface area contributed by atoms with Crippen LogP contribution in [-0.4, -0.2) is 33.9 Å². The van der Waals surface area contributed by atoms with Crippen molar-refractivity contribution in [3.8, 4) is 5.75 Å². The summed E-state index contributed by atoms with van der Waals surface area (Å²) in [5, 5.41) is 15.7. The highest BCUT2D eigenvalue weighted by Gasteiger charge is 2.27. The number of hydrogen-bond donors (Lipinski definition) is 2. The number of aromatic nitrogens is 2. The average molecular weight is 356 g/mol. The van der Waals surface area contributed by atoms with Gasteiger partial charge in [-0.1, -0.05) is 17.7 Å². The van der Waals surface area contributed by atoms with Crippen LogP contribution in [0.1, 0.15) is 27.8 Å². The third kappa shape index (κ3) is 3.33. The maximum Gasteiger partial charge on any atom is 0.330 e. The Morgan fingerprint density at radius 1 is 1.46 bits per heavy atom. The van der Waals surface area contributed by atoms with Gasteiger partial charge in [0.25, 0.3) is 5.91 Å². The molecular formula is C15H15ClFN3O4. The highest BCUT2D eigenvalue weighted by Crippen LogP contribution is 2.24. The molecule has 128 valence electrons. The van der Waals surface area contributed by atoms with E-state index in [2.05, 4.69) is 10.4 Å². The van der Waals surface area contributed by atoms with E-state index in [-0.39, 0.29) is 22.0 Å². The molecule has 0 saturated heterocycles. The number of nitrogens with one attached hydrogen (secondary N) is 1. The molecule has 24 heavy (non-hydrogen) atoms. The van der Waals surface area contributed by atoms with Gasteiger partial charge in [-0.05, 0) is 24.6 Å². The minimum absolute atomic E-state index is 0.0300. The second-order valence-corrected chi connectivity index (χ2v) is 5.39. The summed E-state index contributed by atoms with van der Waals surface area (Å²) < 4.78 is 20.0. The first-order chi connectivity index (χ1) is 11.3. The maximum atomic E-state index is 13.8. The van der Waals surface area contributed by atoms with Crippen molar-refractivity contribution in [2.45, 2.75) is 13.0 Å². The minimum Gasteiger partial charge on any atom is -0.494 e. The number of carbonyl (C=O) groups is 2. The number of ether oxygens (including phenoxy) is 1. The minimum atomic E-state index is -1.46. The summed E-state index contributed by atoms with van der Waals surface area (Å²) in [6.07, 6.45) is 0. The van der Waals surface area contributed by atoms with E-state index >= 15 is 0 Å². The Morgan fingerprint density at radius 3 is 2.58 bits per heavy atom. The molecule has 2 N–H and O–H groups in total.